The first kappa shape index (κ1) is 17.1. The third kappa shape index (κ3) is 3.72. The van der Waals surface area contributed by atoms with E-state index in [-0.39, 0.29) is 36.5 Å². The first-order chi connectivity index (χ1) is 10.3. The Morgan fingerprint density at radius 2 is 2.14 bits per heavy atom. The fraction of sp³-hybridized carbons (Fsp3) is 0.562. The van der Waals surface area contributed by atoms with Gasteiger partial charge in [-0.25, -0.2) is 0 Å². The van der Waals surface area contributed by atoms with Crippen LogP contribution in [0.5, 0.6) is 5.75 Å². The predicted octanol–water partition coefficient (Wildman–Crippen LogP) is 1.82. The summed E-state index contributed by atoms with van der Waals surface area (Å²) in [6.45, 7) is 4.00. The summed E-state index contributed by atoms with van der Waals surface area (Å²) in [5.74, 6) is 0.880. The SMILES string of the molecule is C[C@H]1OCCN[C@@H]1C(=O)NC1CCCOc2ccccc21.Cl. The maximum Gasteiger partial charge on any atom is 0.240 e. The van der Waals surface area contributed by atoms with Crippen LogP contribution in [0, 0.1) is 0 Å². The highest BCUT2D eigenvalue weighted by Crippen LogP contribution is 2.31. The Hall–Kier alpha value is -1.30. The Bertz CT molecular complexity index is 512. The summed E-state index contributed by atoms with van der Waals surface area (Å²) in [6.07, 6.45) is 1.73. The molecule has 22 heavy (non-hydrogen) atoms. The van der Waals surface area contributed by atoms with Crippen LogP contribution in [0.25, 0.3) is 0 Å². The molecule has 2 heterocycles. The van der Waals surface area contributed by atoms with E-state index in [0.717, 1.165) is 24.2 Å². The Morgan fingerprint density at radius 3 is 2.95 bits per heavy atom. The number of carbonyl (C=O) groups is 1. The van der Waals surface area contributed by atoms with E-state index in [4.69, 9.17) is 9.47 Å². The number of para-hydroxylation sites is 1. The molecule has 1 aromatic carbocycles. The Balaban J connectivity index is 0.00000176. The average Bonchev–Trinajstić information content (AvgIpc) is 2.70. The van der Waals surface area contributed by atoms with Crippen molar-refractivity contribution in [2.24, 2.45) is 0 Å². The van der Waals surface area contributed by atoms with Gasteiger partial charge in [-0.2, -0.15) is 0 Å². The second kappa shape index (κ2) is 7.81. The smallest absolute Gasteiger partial charge is 0.240 e. The molecule has 5 nitrogen and oxygen atoms in total. The van der Waals surface area contributed by atoms with Crippen molar-refractivity contribution in [3.63, 3.8) is 0 Å². The second-order valence-electron chi connectivity index (χ2n) is 5.60. The van der Waals surface area contributed by atoms with Crippen molar-refractivity contribution in [1.82, 2.24) is 10.6 Å². The predicted molar refractivity (Wildman–Crippen MR) is 86.5 cm³/mol. The van der Waals surface area contributed by atoms with Crippen LogP contribution in [0.1, 0.15) is 31.4 Å². The van der Waals surface area contributed by atoms with Gasteiger partial charge in [0.15, 0.2) is 0 Å². The summed E-state index contributed by atoms with van der Waals surface area (Å²) >= 11 is 0. The van der Waals surface area contributed by atoms with Crippen molar-refractivity contribution in [1.29, 1.82) is 0 Å². The molecule has 2 aliphatic heterocycles. The monoisotopic (exact) mass is 326 g/mol. The molecule has 3 atom stereocenters. The molecule has 1 saturated heterocycles. The molecular formula is C16H23ClN2O3. The largest absolute Gasteiger partial charge is 0.493 e. The highest BCUT2D eigenvalue weighted by Gasteiger charge is 2.30. The molecule has 3 rings (SSSR count). The Morgan fingerprint density at radius 1 is 1.32 bits per heavy atom. The summed E-state index contributed by atoms with van der Waals surface area (Å²) in [7, 11) is 0. The zero-order valence-corrected chi connectivity index (χ0v) is 13.5. The third-order valence-electron chi connectivity index (χ3n) is 4.10. The van der Waals surface area contributed by atoms with Crippen molar-refractivity contribution in [3.8, 4) is 5.75 Å². The molecule has 1 unspecified atom stereocenters. The van der Waals surface area contributed by atoms with Gasteiger partial charge in [-0.1, -0.05) is 18.2 Å². The van der Waals surface area contributed by atoms with Crippen molar-refractivity contribution >= 4 is 18.3 Å². The molecule has 0 aliphatic carbocycles. The quantitative estimate of drug-likeness (QED) is 0.870. The number of rotatable bonds is 2. The summed E-state index contributed by atoms with van der Waals surface area (Å²) in [6, 6.07) is 7.66. The summed E-state index contributed by atoms with van der Waals surface area (Å²) in [5, 5.41) is 6.38. The maximum absolute atomic E-state index is 12.5. The Labute approximate surface area is 137 Å². The van der Waals surface area contributed by atoms with Crippen LogP contribution in [-0.4, -0.2) is 37.8 Å². The summed E-state index contributed by atoms with van der Waals surface area (Å²) in [4.78, 5) is 12.5. The molecule has 0 radical (unpaired) electrons. The molecule has 1 aromatic rings. The van der Waals surface area contributed by atoms with Gasteiger partial charge in [-0.05, 0) is 25.8 Å². The van der Waals surface area contributed by atoms with Crippen LogP contribution in [0.4, 0.5) is 0 Å². The van der Waals surface area contributed by atoms with Crippen LogP contribution in [-0.2, 0) is 9.53 Å². The van der Waals surface area contributed by atoms with Gasteiger partial charge in [0.05, 0.1) is 25.4 Å². The summed E-state index contributed by atoms with van der Waals surface area (Å²) < 4.78 is 11.3. The van der Waals surface area contributed by atoms with Crippen LogP contribution in [0.15, 0.2) is 24.3 Å². The van der Waals surface area contributed by atoms with E-state index in [9.17, 15) is 4.79 Å². The highest BCUT2D eigenvalue weighted by molar-refractivity contribution is 5.85. The molecule has 0 spiro atoms. The van der Waals surface area contributed by atoms with Gasteiger partial charge in [-0.15, -0.1) is 12.4 Å². The molecule has 1 amide bonds. The molecule has 2 aliphatic rings. The minimum absolute atomic E-state index is 0. The van der Waals surface area contributed by atoms with E-state index >= 15 is 0 Å². The van der Waals surface area contributed by atoms with Gasteiger partial charge >= 0.3 is 0 Å². The standard InChI is InChI=1S/C16H22N2O3.ClH/c1-11-15(17-8-10-20-11)16(19)18-13-6-4-9-21-14-7-3-2-5-12(13)14;/h2-3,5,7,11,13,15,17H,4,6,8-10H2,1H3,(H,18,19);1H/t11-,13?,15+;/m1./s1. The lowest BCUT2D eigenvalue weighted by Crippen LogP contribution is -2.55. The van der Waals surface area contributed by atoms with Crippen molar-refractivity contribution in [2.75, 3.05) is 19.8 Å². The topological polar surface area (TPSA) is 59.6 Å². The molecule has 0 saturated carbocycles. The molecule has 6 heteroatoms. The van der Waals surface area contributed by atoms with Crippen molar-refractivity contribution < 1.29 is 14.3 Å². The van der Waals surface area contributed by atoms with Gasteiger partial charge in [0.25, 0.3) is 0 Å². The number of carbonyl (C=O) groups excluding carboxylic acids is 1. The zero-order valence-electron chi connectivity index (χ0n) is 12.7. The number of ether oxygens (including phenoxy) is 2. The van der Waals surface area contributed by atoms with E-state index in [1.54, 1.807) is 0 Å². The number of morpholine rings is 1. The molecule has 2 N–H and O–H groups in total. The molecular weight excluding hydrogens is 304 g/mol. The van der Waals surface area contributed by atoms with Crippen LogP contribution < -0.4 is 15.4 Å². The molecule has 0 bridgehead atoms. The second-order valence-corrected chi connectivity index (χ2v) is 5.60. The van der Waals surface area contributed by atoms with E-state index in [1.807, 2.05) is 31.2 Å². The van der Waals surface area contributed by atoms with Crippen LogP contribution >= 0.6 is 12.4 Å². The number of halogens is 1. The lowest BCUT2D eigenvalue weighted by molar-refractivity contribution is -0.129. The summed E-state index contributed by atoms with van der Waals surface area (Å²) in [5.41, 5.74) is 1.06. The van der Waals surface area contributed by atoms with E-state index in [1.165, 1.54) is 0 Å². The zero-order chi connectivity index (χ0) is 14.7. The van der Waals surface area contributed by atoms with E-state index in [2.05, 4.69) is 10.6 Å². The number of fused-ring (bicyclic) bond motifs is 1. The van der Waals surface area contributed by atoms with Gasteiger partial charge in [0, 0.05) is 12.1 Å². The minimum atomic E-state index is -0.282. The number of benzene rings is 1. The lowest BCUT2D eigenvalue weighted by atomic mass is 10.0. The molecule has 1 fully saturated rings. The van der Waals surface area contributed by atoms with Gasteiger partial charge < -0.3 is 20.1 Å². The van der Waals surface area contributed by atoms with Gasteiger partial charge in [0.1, 0.15) is 11.8 Å². The van der Waals surface area contributed by atoms with E-state index < -0.39 is 0 Å². The first-order valence-corrected chi connectivity index (χ1v) is 7.63. The number of hydrogen-bond donors (Lipinski definition) is 2. The van der Waals surface area contributed by atoms with Crippen LogP contribution in [0.3, 0.4) is 0 Å². The third-order valence-corrected chi connectivity index (χ3v) is 4.10. The molecule has 0 aromatic heterocycles. The number of amides is 1. The first-order valence-electron chi connectivity index (χ1n) is 7.63. The van der Waals surface area contributed by atoms with Crippen molar-refractivity contribution in [2.45, 2.75) is 38.0 Å². The highest BCUT2D eigenvalue weighted by atomic mass is 35.5. The average molecular weight is 327 g/mol. The fourth-order valence-corrected chi connectivity index (χ4v) is 2.96. The van der Waals surface area contributed by atoms with Gasteiger partial charge in [-0.3, -0.25) is 4.79 Å². The minimum Gasteiger partial charge on any atom is -0.493 e. The normalized spacial score (nSPS) is 27.6. The maximum atomic E-state index is 12.5. The van der Waals surface area contributed by atoms with Crippen molar-refractivity contribution in [3.05, 3.63) is 29.8 Å². The number of nitrogens with one attached hydrogen (secondary N) is 2. The molecule has 122 valence electrons. The fourth-order valence-electron chi connectivity index (χ4n) is 2.96. The lowest BCUT2D eigenvalue weighted by Gasteiger charge is -2.30. The van der Waals surface area contributed by atoms with Crippen LogP contribution in [0.2, 0.25) is 0 Å². The Kier molecular flexibility index (Phi) is 6.06. The van der Waals surface area contributed by atoms with E-state index in [0.29, 0.717) is 19.8 Å². The number of hydrogen-bond acceptors (Lipinski definition) is 4. The van der Waals surface area contributed by atoms with Gasteiger partial charge in [0.2, 0.25) is 5.91 Å².